The fourth-order valence-corrected chi connectivity index (χ4v) is 0.961. The molecule has 1 N–H and O–H groups in total. The van der Waals surface area contributed by atoms with Crippen molar-refractivity contribution in [2.24, 2.45) is 0 Å². The van der Waals surface area contributed by atoms with Gasteiger partial charge in [-0.15, -0.1) is 0 Å². The second-order valence-corrected chi connectivity index (χ2v) is 2.69. The second kappa shape index (κ2) is 3.38. The predicted octanol–water partition coefficient (Wildman–Crippen LogP) is 1.09. The van der Waals surface area contributed by atoms with Crippen LogP contribution in [0, 0.1) is 13.8 Å². The fraction of sp³-hybridized carbons (Fsp3) is 0.500. The number of esters is 1. The van der Waals surface area contributed by atoms with Gasteiger partial charge in [0.05, 0.1) is 5.69 Å². The van der Waals surface area contributed by atoms with E-state index in [0.717, 1.165) is 17.0 Å². The van der Waals surface area contributed by atoms with Crippen molar-refractivity contribution < 1.29 is 9.53 Å². The maximum absolute atomic E-state index is 10.5. The summed E-state index contributed by atoms with van der Waals surface area (Å²) in [5.41, 5.74) is 2.80. The molecular weight excluding hydrogens is 156 g/mol. The van der Waals surface area contributed by atoms with Gasteiger partial charge >= 0.3 is 5.97 Å². The van der Waals surface area contributed by atoms with Crippen molar-refractivity contribution in [1.82, 2.24) is 10.2 Å². The van der Waals surface area contributed by atoms with Crippen LogP contribution in [0.1, 0.15) is 23.9 Å². The summed E-state index contributed by atoms with van der Waals surface area (Å²) in [6.45, 7) is 5.48. The first kappa shape index (κ1) is 8.77. The summed E-state index contributed by atoms with van der Waals surface area (Å²) >= 11 is 0. The number of ether oxygens (including phenoxy) is 1. The van der Waals surface area contributed by atoms with Gasteiger partial charge in [-0.25, -0.2) is 0 Å². The van der Waals surface area contributed by atoms with Gasteiger partial charge in [-0.2, -0.15) is 5.10 Å². The molecule has 0 saturated heterocycles. The van der Waals surface area contributed by atoms with E-state index >= 15 is 0 Å². The molecule has 0 unspecified atom stereocenters. The van der Waals surface area contributed by atoms with Gasteiger partial charge in [0, 0.05) is 18.2 Å². The van der Waals surface area contributed by atoms with Gasteiger partial charge in [-0.3, -0.25) is 9.89 Å². The number of carbonyl (C=O) groups is 1. The number of hydrogen-bond donors (Lipinski definition) is 1. The third kappa shape index (κ3) is 1.84. The van der Waals surface area contributed by atoms with Crippen LogP contribution in [0.3, 0.4) is 0 Å². The summed E-state index contributed by atoms with van der Waals surface area (Å²) in [7, 11) is 0. The zero-order chi connectivity index (χ0) is 9.14. The number of aryl methyl sites for hydroxylation is 2. The predicted molar refractivity (Wildman–Crippen MR) is 43.5 cm³/mol. The number of aromatic nitrogens is 2. The third-order valence-corrected chi connectivity index (χ3v) is 1.70. The summed E-state index contributed by atoms with van der Waals surface area (Å²) in [6.07, 6.45) is 0. The molecule has 0 fully saturated rings. The monoisotopic (exact) mass is 168 g/mol. The van der Waals surface area contributed by atoms with Gasteiger partial charge in [0.2, 0.25) is 0 Å². The smallest absolute Gasteiger partial charge is 0.302 e. The summed E-state index contributed by atoms with van der Waals surface area (Å²) in [5.74, 6) is -0.269. The standard InChI is InChI=1S/C8H12N2O2/c1-5-8(4-12-7(3)11)6(2)10-9-5/h4H2,1-3H3,(H,9,10). The Labute approximate surface area is 70.9 Å². The molecule has 0 aliphatic rings. The molecule has 1 rings (SSSR count). The van der Waals surface area contributed by atoms with E-state index in [1.807, 2.05) is 13.8 Å². The number of nitrogens with one attached hydrogen (secondary N) is 1. The minimum absolute atomic E-state index is 0.269. The lowest BCUT2D eigenvalue weighted by molar-refractivity contribution is -0.142. The van der Waals surface area contributed by atoms with Gasteiger partial charge in [-0.1, -0.05) is 0 Å². The molecule has 4 heteroatoms. The van der Waals surface area contributed by atoms with Crippen LogP contribution < -0.4 is 0 Å². The zero-order valence-electron chi connectivity index (χ0n) is 7.47. The van der Waals surface area contributed by atoms with E-state index in [0.29, 0.717) is 6.61 Å². The van der Waals surface area contributed by atoms with E-state index in [4.69, 9.17) is 4.74 Å². The van der Waals surface area contributed by atoms with Crippen molar-refractivity contribution in [3.8, 4) is 0 Å². The zero-order valence-corrected chi connectivity index (χ0v) is 7.47. The summed E-state index contributed by atoms with van der Waals surface area (Å²) in [4.78, 5) is 10.5. The molecule has 0 aliphatic carbocycles. The summed E-state index contributed by atoms with van der Waals surface area (Å²) in [6, 6.07) is 0. The first-order chi connectivity index (χ1) is 5.61. The molecule has 1 aromatic heterocycles. The van der Waals surface area contributed by atoms with E-state index in [1.165, 1.54) is 6.92 Å². The first-order valence-corrected chi connectivity index (χ1v) is 3.75. The highest BCUT2D eigenvalue weighted by molar-refractivity contribution is 5.65. The minimum atomic E-state index is -0.269. The highest BCUT2D eigenvalue weighted by Crippen LogP contribution is 2.10. The highest BCUT2D eigenvalue weighted by atomic mass is 16.5. The normalized spacial score (nSPS) is 9.92. The van der Waals surface area contributed by atoms with Crippen LogP contribution >= 0.6 is 0 Å². The average molecular weight is 168 g/mol. The number of nitrogens with zero attached hydrogens (tertiary/aromatic N) is 1. The topological polar surface area (TPSA) is 55.0 Å². The molecular formula is C8H12N2O2. The van der Waals surface area contributed by atoms with Crippen molar-refractivity contribution in [2.45, 2.75) is 27.4 Å². The van der Waals surface area contributed by atoms with Crippen molar-refractivity contribution in [3.05, 3.63) is 17.0 Å². The molecule has 0 spiro atoms. The highest BCUT2D eigenvalue weighted by Gasteiger charge is 2.06. The molecule has 1 heterocycles. The Kier molecular flexibility index (Phi) is 2.47. The van der Waals surface area contributed by atoms with Crippen LogP contribution in [0.15, 0.2) is 0 Å². The van der Waals surface area contributed by atoms with Crippen molar-refractivity contribution in [2.75, 3.05) is 0 Å². The van der Waals surface area contributed by atoms with E-state index in [9.17, 15) is 4.79 Å². The molecule has 0 bridgehead atoms. The Balaban J connectivity index is 2.68. The minimum Gasteiger partial charge on any atom is -0.461 e. The molecule has 0 atom stereocenters. The second-order valence-electron chi connectivity index (χ2n) is 2.69. The maximum atomic E-state index is 10.5. The van der Waals surface area contributed by atoms with Gasteiger partial charge in [0.1, 0.15) is 6.61 Å². The average Bonchev–Trinajstić information content (AvgIpc) is 2.28. The molecule has 4 nitrogen and oxygen atoms in total. The Morgan fingerprint density at radius 3 is 2.67 bits per heavy atom. The van der Waals surface area contributed by atoms with Crippen LogP contribution in [0.4, 0.5) is 0 Å². The van der Waals surface area contributed by atoms with Crippen LogP contribution in [0.2, 0.25) is 0 Å². The molecule has 0 amide bonds. The fourth-order valence-electron chi connectivity index (χ4n) is 0.961. The Bertz CT molecular complexity index is 272. The Hall–Kier alpha value is -1.32. The quantitative estimate of drug-likeness (QED) is 0.672. The molecule has 0 aliphatic heterocycles. The largest absolute Gasteiger partial charge is 0.461 e. The van der Waals surface area contributed by atoms with Gasteiger partial charge in [0.15, 0.2) is 0 Å². The molecule has 0 aromatic carbocycles. The lowest BCUT2D eigenvalue weighted by Gasteiger charge is -2.00. The van der Waals surface area contributed by atoms with E-state index < -0.39 is 0 Å². The molecule has 1 aromatic rings. The van der Waals surface area contributed by atoms with E-state index in [1.54, 1.807) is 0 Å². The van der Waals surface area contributed by atoms with Crippen molar-refractivity contribution in [1.29, 1.82) is 0 Å². The Morgan fingerprint density at radius 2 is 2.25 bits per heavy atom. The molecule has 12 heavy (non-hydrogen) atoms. The van der Waals surface area contributed by atoms with Crippen LogP contribution in [0.25, 0.3) is 0 Å². The lowest BCUT2D eigenvalue weighted by Crippen LogP contribution is -2.00. The lowest BCUT2D eigenvalue weighted by atomic mass is 10.2. The number of aromatic amines is 1. The van der Waals surface area contributed by atoms with Crippen molar-refractivity contribution >= 4 is 5.97 Å². The van der Waals surface area contributed by atoms with Gasteiger partial charge < -0.3 is 4.74 Å². The number of hydrogen-bond acceptors (Lipinski definition) is 3. The van der Waals surface area contributed by atoms with Crippen LogP contribution in [-0.2, 0) is 16.1 Å². The first-order valence-electron chi connectivity index (χ1n) is 3.75. The van der Waals surface area contributed by atoms with Gasteiger partial charge in [-0.05, 0) is 13.8 Å². The van der Waals surface area contributed by atoms with E-state index in [2.05, 4.69) is 10.2 Å². The third-order valence-electron chi connectivity index (χ3n) is 1.70. The van der Waals surface area contributed by atoms with Crippen molar-refractivity contribution in [3.63, 3.8) is 0 Å². The number of H-pyrrole nitrogens is 1. The molecule has 0 radical (unpaired) electrons. The summed E-state index contributed by atoms with van der Waals surface area (Å²) in [5, 5.41) is 6.80. The van der Waals surface area contributed by atoms with Crippen LogP contribution in [-0.4, -0.2) is 16.2 Å². The van der Waals surface area contributed by atoms with Gasteiger partial charge in [0.25, 0.3) is 0 Å². The SMILES string of the molecule is CC(=O)OCc1c(C)n[nH]c1C. The summed E-state index contributed by atoms with van der Waals surface area (Å²) < 4.78 is 4.85. The van der Waals surface area contributed by atoms with E-state index in [-0.39, 0.29) is 5.97 Å². The van der Waals surface area contributed by atoms with Crippen LogP contribution in [0.5, 0.6) is 0 Å². The Morgan fingerprint density at radius 1 is 1.58 bits per heavy atom. The molecule has 0 saturated carbocycles. The number of carbonyl (C=O) groups excluding carboxylic acids is 1. The number of rotatable bonds is 2. The molecule has 66 valence electrons. The maximum Gasteiger partial charge on any atom is 0.302 e.